The first-order valence-corrected chi connectivity index (χ1v) is 8.03. The van der Waals surface area contributed by atoms with Gasteiger partial charge in [-0.25, -0.2) is 4.79 Å². The number of benzene rings is 1. The SMILES string of the molecule is CC(=C/C=C/C(C)=C/C(=O)O)/C=C1\CCCc2c(C)cccc21. The molecular weight excluding hydrogens is 284 g/mol. The summed E-state index contributed by atoms with van der Waals surface area (Å²) >= 11 is 0. The van der Waals surface area contributed by atoms with Crippen molar-refractivity contribution >= 4 is 11.5 Å². The van der Waals surface area contributed by atoms with Crippen molar-refractivity contribution in [3.63, 3.8) is 0 Å². The van der Waals surface area contributed by atoms with Gasteiger partial charge in [-0.15, -0.1) is 0 Å². The first-order valence-electron chi connectivity index (χ1n) is 8.03. The van der Waals surface area contributed by atoms with Gasteiger partial charge >= 0.3 is 5.97 Å². The van der Waals surface area contributed by atoms with E-state index in [0.29, 0.717) is 0 Å². The number of carboxylic acids is 1. The quantitative estimate of drug-likeness (QED) is 0.609. The molecule has 0 amide bonds. The van der Waals surface area contributed by atoms with Crippen LogP contribution in [0.2, 0.25) is 0 Å². The molecule has 1 aromatic carbocycles. The van der Waals surface area contributed by atoms with Crippen molar-refractivity contribution in [2.75, 3.05) is 0 Å². The number of allylic oxidation sites excluding steroid dienone is 7. The number of hydrogen-bond acceptors (Lipinski definition) is 1. The monoisotopic (exact) mass is 308 g/mol. The van der Waals surface area contributed by atoms with Gasteiger partial charge in [-0.3, -0.25) is 0 Å². The van der Waals surface area contributed by atoms with Crippen LogP contribution in [0.15, 0.2) is 59.7 Å². The van der Waals surface area contributed by atoms with Crippen molar-refractivity contribution < 1.29 is 9.90 Å². The summed E-state index contributed by atoms with van der Waals surface area (Å²) in [5.74, 6) is -0.913. The Hall–Kier alpha value is -2.35. The van der Waals surface area contributed by atoms with Crippen LogP contribution in [0.1, 0.15) is 43.4 Å². The van der Waals surface area contributed by atoms with Gasteiger partial charge in [0.15, 0.2) is 0 Å². The molecule has 1 aromatic rings. The number of carboxylic acid groups (broad SMARTS) is 1. The molecule has 0 aromatic heterocycles. The van der Waals surface area contributed by atoms with Crippen molar-refractivity contribution in [2.24, 2.45) is 0 Å². The zero-order valence-electron chi connectivity index (χ0n) is 14.1. The Balaban J connectivity index is 2.20. The van der Waals surface area contributed by atoms with E-state index in [1.807, 2.05) is 18.2 Å². The fourth-order valence-electron chi connectivity index (χ4n) is 2.99. The Kier molecular flexibility index (Phi) is 5.75. The molecule has 1 aliphatic rings. The van der Waals surface area contributed by atoms with Gasteiger partial charge in [0, 0.05) is 6.08 Å². The highest BCUT2D eigenvalue weighted by molar-refractivity contribution is 5.81. The van der Waals surface area contributed by atoms with Crippen molar-refractivity contribution in [2.45, 2.75) is 40.0 Å². The van der Waals surface area contributed by atoms with Crippen molar-refractivity contribution in [1.82, 2.24) is 0 Å². The predicted octanol–water partition coefficient (Wildman–Crippen LogP) is 5.25. The number of rotatable bonds is 4. The molecule has 0 saturated carbocycles. The molecule has 0 fully saturated rings. The molecule has 23 heavy (non-hydrogen) atoms. The molecule has 2 heteroatoms. The lowest BCUT2D eigenvalue weighted by Crippen LogP contribution is -2.03. The second kappa shape index (κ2) is 7.77. The molecule has 2 nitrogen and oxygen atoms in total. The lowest BCUT2D eigenvalue weighted by atomic mass is 9.84. The normalized spacial score (nSPS) is 17.6. The molecule has 0 radical (unpaired) electrons. The molecule has 0 spiro atoms. The van der Waals surface area contributed by atoms with E-state index >= 15 is 0 Å². The number of carbonyl (C=O) groups is 1. The van der Waals surface area contributed by atoms with Gasteiger partial charge in [-0.05, 0) is 67.9 Å². The van der Waals surface area contributed by atoms with E-state index in [0.717, 1.165) is 12.0 Å². The lowest BCUT2D eigenvalue weighted by molar-refractivity contribution is -0.131. The van der Waals surface area contributed by atoms with Crippen LogP contribution in [0.4, 0.5) is 0 Å². The zero-order valence-corrected chi connectivity index (χ0v) is 14.1. The molecular formula is C21H24O2. The van der Waals surface area contributed by atoms with E-state index in [1.54, 1.807) is 6.92 Å². The van der Waals surface area contributed by atoms with Gasteiger partial charge in [0.25, 0.3) is 0 Å². The standard InChI is InChI=1S/C21H24O2/c1-15(7-4-8-16(2)14-21(22)23)13-18-10-6-11-19-17(3)9-5-12-20(18)19/h4-5,7-9,12-14H,6,10-11H2,1-3H3,(H,22,23)/b8-4+,15-7-,16-14+,18-13+. The highest BCUT2D eigenvalue weighted by Crippen LogP contribution is 2.33. The average molecular weight is 308 g/mol. The third-order valence-corrected chi connectivity index (χ3v) is 4.10. The smallest absolute Gasteiger partial charge is 0.328 e. The van der Waals surface area contributed by atoms with E-state index in [-0.39, 0.29) is 0 Å². The Morgan fingerprint density at radius 3 is 2.70 bits per heavy atom. The Bertz CT molecular complexity index is 715. The summed E-state index contributed by atoms with van der Waals surface area (Å²) < 4.78 is 0. The molecule has 0 bridgehead atoms. The molecule has 2 rings (SSSR count). The molecule has 1 aliphatic carbocycles. The highest BCUT2D eigenvalue weighted by atomic mass is 16.4. The minimum atomic E-state index is -0.913. The minimum absolute atomic E-state index is 0.729. The molecule has 0 aliphatic heterocycles. The van der Waals surface area contributed by atoms with E-state index in [4.69, 9.17) is 5.11 Å². The zero-order chi connectivity index (χ0) is 16.8. The van der Waals surface area contributed by atoms with Crippen LogP contribution < -0.4 is 0 Å². The third-order valence-electron chi connectivity index (χ3n) is 4.10. The number of aryl methyl sites for hydroxylation is 1. The number of aliphatic carboxylic acids is 1. The minimum Gasteiger partial charge on any atom is -0.478 e. The van der Waals surface area contributed by atoms with Gasteiger partial charge in [-0.2, -0.15) is 0 Å². The molecule has 1 N–H and O–H groups in total. The topological polar surface area (TPSA) is 37.3 Å². The lowest BCUT2D eigenvalue weighted by Gasteiger charge is -2.21. The van der Waals surface area contributed by atoms with Gasteiger partial charge in [0.05, 0.1) is 0 Å². The first-order chi connectivity index (χ1) is 11.0. The molecule has 0 heterocycles. The van der Waals surface area contributed by atoms with Gasteiger partial charge in [-0.1, -0.05) is 48.1 Å². The largest absolute Gasteiger partial charge is 0.478 e. The molecule has 120 valence electrons. The third kappa shape index (κ3) is 4.82. The maximum atomic E-state index is 10.6. The summed E-state index contributed by atoms with van der Waals surface area (Å²) in [5.41, 5.74) is 7.55. The van der Waals surface area contributed by atoms with E-state index in [9.17, 15) is 4.79 Å². The van der Waals surface area contributed by atoms with Crippen LogP contribution in [-0.2, 0) is 11.2 Å². The number of hydrogen-bond donors (Lipinski definition) is 1. The summed E-state index contributed by atoms with van der Waals surface area (Å²) in [5, 5.41) is 8.69. The second-order valence-electron chi connectivity index (χ2n) is 6.12. The van der Waals surface area contributed by atoms with E-state index in [1.165, 1.54) is 46.8 Å². The Morgan fingerprint density at radius 2 is 1.96 bits per heavy atom. The van der Waals surface area contributed by atoms with E-state index < -0.39 is 5.97 Å². The van der Waals surface area contributed by atoms with Crippen LogP contribution in [-0.4, -0.2) is 11.1 Å². The first kappa shape index (κ1) is 17.0. The summed E-state index contributed by atoms with van der Waals surface area (Å²) in [6, 6.07) is 6.54. The maximum Gasteiger partial charge on any atom is 0.328 e. The van der Waals surface area contributed by atoms with E-state index in [2.05, 4.69) is 38.1 Å². The summed E-state index contributed by atoms with van der Waals surface area (Å²) in [6.07, 6.45) is 12.7. The van der Waals surface area contributed by atoms with Crippen molar-refractivity contribution in [3.8, 4) is 0 Å². The van der Waals surface area contributed by atoms with Crippen LogP contribution in [0, 0.1) is 6.92 Å². The molecule has 0 saturated heterocycles. The fourth-order valence-corrected chi connectivity index (χ4v) is 2.99. The average Bonchev–Trinajstić information content (AvgIpc) is 2.47. The predicted molar refractivity (Wildman–Crippen MR) is 96.4 cm³/mol. The Morgan fingerprint density at radius 1 is 1.17 bits per heavy atom. The number of fused-ring (bicyclic) bond motifs is 1. The summed E-state index contributed by atoms with van der Waals surface area (Å²) in [4.78, 5) is 10.6. The Labute approximate surface area is 138 Å². The molecule has 0 unspecified atom stereocenters. The van der Waals surface area contributed by atoms with Crippen molar-refractivity contribution in [3.05, 3.63) is 76.4 Å². The van der Waals surface area contributed by atoms with Crippen LogP contribution in [0.3, 0.4) is 0 Å². The molecule has 0 atom stereocenters. The summed E-state index contributed by atoms with van der Waals surface area (Å²) in [6.45, 7) is 6.05. The summed E-state index contributed by atoms with van der Waals surface area (Å²) in [7, 11) is 0. The van der Waals surface area contributed by atoms with Gasteiger partial charge < -0.3 is 5.11 Å². The van der Waals surface area contributed by atoms with Crippen LogP contribution in [0.25, 0.3) is 5.57 Å². The van der Waals surface area contributed by atoms with Crippen molar-refractivity contribution in [1.29, 1.82) is 0 Å². The van der Waals surface area contributed by atoms with Crippen LogP contribution in [0.5, 0.6) is 0 Å². The van der Waals surface area contributed by atoms with Crippen LogP contribution >= 0.6 is 0 Å². The van der Waals surface area contributed by atoms with Gasteiger partial charge in [0.1, 0.15) is 0 Å². The fraction of sp³-hybridized carbons (Fsp3) is 0.286. The maximum absolute atomic E-state index is 10.6. The highest BCUT2D eigenvalue weighted by Gasteiger charge is 2.14. The van der Waals surface area contributed by atoms with Gasteiger partial charge in [0.2, 0.25) is 0 Å². The second-order valence-corrected chi connectivity index (χ2v) is 6.12.